The maximum atomic E-state index is 12.6. The number of nitro benzene ring substituents is 2. The van der Waals surface area contributed by atoms with E-state index in [0.29, 0.717) is 35.9 Å². The molecular formula is C32H27Cl3N4O6. The quantitative estimate of drug-likeness (QED) is 0.0954. The molecule has 4 aromatic rings. The first-order valence-corrected chi connectivity index (χ1v) is 15.2. The molecule has 13 heteroatoms. The van der Waals surface area contributed by atoms with E-state index in [9.17, 15) is 29.8 Å². The molecule has 0 aromatic heterocycles. The van der Waals surface area contributed by atoms with Crippen molar-refractivity contribution in [3.05, 3.63) is 139 Å². The van der Waals surface area contributed by atoms with E-state index in [2.05, 4.69) is 5.32 Å². The minimum Gasteiger partial charge on any atom is -0.384 e. The molecule has 6 rings (SSSR count). The van der Waals surface area contributed by atoms with Gasteiger partial charge in [-0.05, 0) is 77.0 Å². The molecule has 0 saturated carbocycles. The van der Waals surface area contributed by atoms with Crippen LogP contribution in [-0.4, -0.2) is 34.1 Å². The lowest BCUT2D eigenvalue weighted by Gasteiger charge is -2.17. The van der Waals surface area contributed by atoms with E-state index < -0.39 is 10.2 Å². The summed E-state index contributed by atoms with van der Waals surface area (Å²) in [6.45, 7) is 1.41. The Hall–Kier alpha value is -4.51. The lowest BCUT2D eigenvalue weighted by Crippen LogP contribution is -2.28. The number of hydrogen-bond donors (Lipinski definition) is 1. The van der Waals surface area contributed by atoms with Gasteiger partial charge in [0.25, 0.3) is 22.5 Å². The van der Waals surface area contributed by atoms with Crippen LogP contribution in [0.1, 0.15) is 43.0 Å². The lowest BCUT2D eigenvalue weighted by molar-refractivity contribution is -0.385. The van der Waals surface area contributed by atoms with Crippen LogP contribution < -0.4 is 10.2 Å². The molecule has 1 amide bonds. The number of rotatable bonds is 6. The second kappa shape index (κ2) is 15.5. The average molecular weight is 670 g/mol. The van der Waals surface area contributed by atoms with Crippen molar-refractivity contribution >= 4 is 68.7 Å². The van der Waals surface area contributed by atoms with E-state index in [1.807, 2.05) is 12.1 Å². The number of benzene rings is 4. The summed E-state index contributed by atoms with van der Waals surface area (Å²) in [5.41, 5.74) is 6.73. The van der Waals surface area contributed by atoms with Gasteiger partial charge in [-0.2, -0.15) is 0 Å². The summed E-state index contributed by atoms with van der Waals surface area (Å²) in [7, 11) is 0. The highest BCUT2D eigenvalue weighted by Crippen LogP contribution is 2.32. The van der Waals surface area contributed by atoms with E-state index >= 15 is 0 Å². The topological polar surface area (TPSA) is 136 Å². The summed E-state index contributed by atoms with van der Waals surface area (Å²) >= 11 is 16.6. The molecule has 0 unspecified atom stereocenters. The van der Waals surface area contributed by atoms with E-state index in [-0.39, 0.29) is 22.2 Å². The fourth-order valence-corrected chi connectivity index (χ4v) is 5.29. The van der Waals surface area contributed by atoms with Gasteiger partial charge in [0.1, 0.15) is 0 Å². The number of hydrogen-bond acceptors (Lipinski definition) is 7. The van der Waals surface area contributed by atoms with E-state index in [0.717, 1.165) is 46.6 Å². The van der Waals surface area contributed by atoms with Crippen molar-refractivity contribution in [2.45, 2.75) is 24.6 Å². The minimum absolute atomic E-state index is 0.0530. The highest BCUT2D eigenvalue weighted by molar-refractivity contribution is 6.67. The summed E-state index contributed by atoms with van der Waals surface area (Å²) in [6, 6.07) is 23.7. The van der Waals surface area contributed by atoms with Gasteiger partial charge >= 0.3 is 0 Å². The third-order valence-electron chi connectivity index (χ3n) is 7.06. The van der Waals surface area contributed by atoms with Crippen LogP contribution in [0, 0.1) is 20.2 Å². The van der Waals surface area contributed by atoms with Gasteiger partial charge in [0, 0.05) is 71.6 Å². The number of amides is 1. The van der Waals surface area contributed by atoms with Gasteiger partial charge in [-0.15, -0.1) is 23.2 Å². The number of carbonyl (C=O) groups is 2. The minimum atomic E-state index is -0.447. The number of fused-ring (bicyclic) bond motifs is 2. The molecule has 1 N–H and O–H groups in total. The van der Waals surface area contributed by atoms with Crippen molar-refractivity contribution in [1.29, 1.82) is 0 Å². The summed E-state index contributed by atoms with van der Waals surface area (Å²) in [4.78, 5) is 45.4. The molecular weight excluding hydrogens is 643 g/mol. The predicted molar refractivity (Wildman–Crippen MR) is 176 cm³/mol. The second-order valence-corrected chi connectivity index (χ2v) is 10.9. The number of non-ortho nitro benzene ring substituents is 2. The standard InChI is InChI=1S/C16H13ClN2O3.C8H6Cl2O.C8H8N2O2/c17-10-11-2-1-3-13(8-11)16(20)18-7-6-12-9-14(19(21)22)4-5-15(12)18;9-5-6-2-1-3-7(4-6)8(10)11;11-10(12)7-1-2-8-6(5-7)3-4-9-8/h1-5,8-9H,6-7,10H2;1-4H,5H2;1-2,5,9H,3-4H2. The smallest absolute Gasteiger partial charge is 0.269 e. The van der Waals surface area contributed by atoms with Gasteiger partial charge in [0.05, 0.1) is 9.85 Å². The zero-order valence-corrected chi connectivity index (χ0v) is 26.0. The van der Waals surface area contributed by atoms with Crippen LogP contribution in [0.5, 0.6) is 0 Å². The maximum Gasteiger partial charge on any atom is 0.269 e. The van der Waals surface area contributed by atoms with Crippen molar-refractivity contribution in [2.24, 2.45) is 0 Å². The van der Waals surface area contributed by atoms with Crippen LogP contribution in [0.3, 0.4) is 0 Å². The van der Waals surface area contributed by atoms with Gasteiger partial charge in [-0.1, -0.05) is 30.3 Å². The Morgan fingerprint density at radius 3 is 1.93 bits per heavy atom. The summed E-state index contributed by atoms with van der Waals surface area (Å²) < 4.78 is 0. The molecule has 0 fully saturated rings. The maximum absolute atomic E-state index is 12.6. The van der Waals surface area contributed by atoms with E-state index in [4.69, 9.17) is 34.8 Å². The van der Waals surface area contributed by atoms with Gasteiger partial charge in [-0.3, -0.25) is 29.8 Å². The molecule has 0 aliphatic carbocycles. The summed E-state index contributed by atoms with van der Waals surface area (Å²) in [5.74, 6) is 0.640. The predicted octanol–water partition coefficient (Wildman–Crippen LogP) is 7.90. The highest BCUT2D eigenvalue weighted by Gasteiger charge is 2.27. The van der Waals surface area contributed by atoms with E-state index in [1.54, 1.807) is 59.5 Å². The number of alkyl halides is 2. The molecule has 2 aliphatic heterocycles. The molecule has 2 aliphatic rings. The molecule has 0 atom stereocenters. The van der Waals surface area contributed by atoms with Crippen LogP contribution in [0.25, 0.3) is 0 Å². The van der Waals surface area contributed by atoms with Crippen LogP contribution in [0.2, 0.25) is 0 Å². The van der Waals surface area contributed by atoms with Crippen LogP contribution in [0.4, 0.5) is 22.7 Å². The molecule has 0 spiro atoms. The summed E-state index contributed by atoms with van der Waals surface area (Å²) in [5, 5.41) is 23.9. The lowest BCUT2D eigenvalue weighted by atomic mass is 10.1. The third kappa shape index (κ3) is 8.57. The average Bonchev–Trinajstić information content (AvgIpc) is 3.71. The van der Waals surface area contributed by atoms with Crippen LogP contribution in [0.15, 0.2) is 84.9 Å². The van der Waals surface area contributed by atoms with Crippen molar-refractivity contribution in [3.63, 3.8) is 0 Å². The Morgan fingerprint density at radius 1 is 0.756 bits per heavy atom. The Bertz CT molecular complexity index is 1750. The highest BCUT2D eigenvalue weighted by atomic mass is 35.5. The number of nitrogens with zero attached hydrogens (tertiary/aromatic N) is 3. The van der Waals surface area contributed by atoms with Crippen molar-refractivity contribution in [1.82, 2.24) is 0 Å². The number of anilines is 2. The Morgan fingerprint density at radius 2 is 1.33 bits per heavy atom. The monoisotopic (exact) mass is 668 g/mol. The molecule has 45 heavy (non-hydrogen) atoms. The fraction of sp³-hybridized carbons (Fsp3) is 0.188. The zero-order chi connectivity index (χ0) is 32.5. The first-order valence-electron chi connectivity index (χ1n) is 13.7. The van der Waals surface area contributed by atoms with Gasteiger partial charge in [0.15, 0.2) is 0 Å². The molecule has 2 heterocycles. The van der Waals surface area contributed by atoms with Crippen LogP contribution in [-0.2, 0) is 24.6 Å². The second-order valence-electron chi connectivity index (χ2n) is 9.99. The normalized spacial score (nSPS) is 12.4. The first-order chi connectivity index (χ1) is 21.6. The fourth-order valence-electron chi connectivity index (χ4n) is 4.84. The van der Waals surface area contributed by atoms with Crippen LogP contribution >= 0.6 is 34.8 Å². The molecule has 4 aromatic carbocycles. The molecule has 232 valence electrons. The largest absolute Gasteiger partial charge is 0.384 e. The summed E-state index contributed by atoms with van der Waals surface area (Å²) in [6.07, 6.45) is 1.51. The first kappa shape index (κ1) is 33.4. The molecule has 10 nitrogen and oxygen atoms in total. The van der Waals surface area contributed by atoms with Crippen molar-refractivity contribution in [2.75, 3.05) is 23.3 Å². The van der Waals surface area contributed by atoms with E-state index in [1.165, 1.54) is 18.2 Å². The zero-order valence-electron chi connectivity index (χ0n) is 23.8. The Balaban J connectivity index is 0.000000169. The molecule has 0 saturated heterocycles. The van der Waals surface area contributed by atoms with Gasteiger partial charge in [-0.25, -0.2) is 0 Å². The van der Waals surface area contributed by atoms with Gasteiger partial charge < -0.3 is 10.2 Å². The van der Waals surface area contributed by atoms with Crippen molar-refractivity contribution < 1.29 is 19.4 Å². The SMILES string of the molecule is O=C(Cl)c1cccc(CCl)c1.O=C(c1cccc(CCl)c1)N1CCc2cc([N+](=O)[O-])ccc21.O=[N+]([O-])c1ccc2c(c1)CCN2. The molecule has 0 radical (unpaired) electrons. The van der Waals surface area contributed by atoms with Gasteiger partial charge in [0.2, 0.25) is 0 Å². The Labute approximate surface area is 273 Å². The number of halogens is 3. The molecule has 0 bridgehead atoms. The number of nitrogens with one attached hydrogen (secondary N) is 1. The number of carbonyl (C=O) groups excluding carboxylic acids is 2. The van der Waals surface area contributed by atoms with Crippen molar-refractivity contribution in [3.8, 4) is 0 Å². The third-order valence-corrected chi connectivity index (χ3v) is 7.90. The number of nitro groups is 2. The Kier molecular flexibility index (Phi) is 11.5.